The Labute approximate surface area is 273 Å². The molecule has 1 aliphatic carbocycles. The van der Waals surface area contributed by atoms with Gasteiger partial charge in [0.1, 0.15) is 0 Å². The van der Waals surface area contributed by atoms with Gasteiger partial charge in [-0.05, 0) is 85.0 Å². The van der Waals surface area contributed by atoms with Crippen LogP contribution in [0.15, 0.2) is 72.8 Å². The number of rotatable bonds is 11. The molecule has 1 atom stereocenters. The third-order valence-corrected chi connectivity index (χ3v) is 8.67. The molecule has 1 unspecified atom stereocenters. The van der Waals surface area contributed by atoms with Gasteiger partial charge in [-0.1, -0.05) is 60.1 Å². The lowest BCUT2D eigenvalue weighted by molar-refractivity contribution is -0.136. The molecule has 0 spiro atoms. The maximum absolute atomic E-state index is 14.0. The standard InChI is InChI=1S/C34H41ClN4O2.2ClH/c1-24(27-5-4-6-28(22-27)31-7-2-3-8-32(31)34(41)37-18-17-36)39(33(40)21-25-11-13-29(35)14-12-25)30-15-19-38(20-16-30)23-26-9-10-26;;/h2-8,11-14,22,24,26,30H,9-10,15-21,23,36H2,1H3,(H,37,41);2*1H. The first-order valence-corrected chi connectivity index (χ1v) is 15.3. The van der Waals surface area contributed by atoms with Gasteiger partial charge in [-0.25, -0.2) is 0 Å². The monoisotopic (exact) mass is 644 g/mol. The molecule has 3 aromatic carbocycles. The Kier molecular flexibility index (Phi) is 13.3. The second-order valence-corrected chi connectivity index (χ2v) is 11.9. The van der Waals surface area contributed by atoms with Crippen LogP contribution in [0.5, 0.6) is 0 Å². The molecule has 2 fully saturated rings. The molecule has 1 saturated heterocycles. The minimum atomic E-state index is -0.137. The summed E-state index contributed by atoms with van der Waals surface area (Å²) in [7, 11) is 0. The van der Waals surface area contributed by atoms with Gasteiger partial charge >= 0.3 is 0 Å². The fourth-order valence-corrected chi connectivity index (χ4v) is 6.12. The summed E-state index contributed by atoms with van der Waals surface area (Å²) in [4.78, 5) is 31.6. The number of carbonyl (C=O) groups is 2. The summed E-state index contributed by atoms with van der Waals surface area (Å²) < 4.78 is 0. The van der Waals surface area contributed by atoms with E-state index in [4.69, 9.17) is 17.3 Å². The van der Waals surface area contributed by atoms with Crippen molar-refractivity contribution in [3.05, 3.63) is 94.5 Å². The van der Waals surface area contributed by atoms with Crippen molar-refractivity contribution in [1.29, 1.82) is 0 Å². The van der Waals surface area contributed by atoms with Crippen LogP contribution in [0.2, 0.25) is 5.02 Å². The minimum absolute atomic E-state index is 0. The fourth-order valence-electron chi connectivity index (χ4n) is 5.99. The van der Waals surface area contributed by atoms with Gasteiger partial charge in [0, 0.05) is 49.4 Å². The molecular formula is C34H43Cl3N4O2. The predicted molar refractivity (Wildman–Crippen MR) is 180 cm³/mol. The summed E-state index contributed by atoms with van der Waals surface area (Å²) in [6.45, 7) is 6.21. The lowest BCUT2D eigenvalue weighted by Gasteiger charge is -2.42. The molecule has 6 nitrogen and oxygen atoms in total. The van der Waals surface area contributed by atoms with E-state index in [0.717, 1.165) is 54.1 Å². The number of nitrogens with two attached hydrogens (primary N) is 1. The number of carbonyl (C=O) groups excluding carboxylic acids is 2. The molecule has 232 valence electrons. The third-order valence-electron chi connectivity index (χ3n) is 8.42. The molecule has 3 N–H and O–H groups in total. The molecule has 2 amide bonds. The number of nitrogens with one attached hydrogen (secondary N) is 1. The van der Waals surface area contributed by atoms with E-state index in [1.165, 1.54) is 19.4 Å². The number of nitrogens with zero attached hydrogens (tertiary/aromatic N) is 2. The molecular weight excluding hydrogens is 603 g/mol. The zero-order valence-corrected chi connectivity index (χ0v) is 27.1. The van der Waals surface area contributed by atoms with E-state index in [9.17, 15) is 9.59 Å². The quantitative estimate of drug-likeness (QED) is 0.248. The molecule has 3 aromatic rings. The maximum Gasteiger partial charge on any atom is 0.251 e. The molecule has 1 heterocycles. The number of halogens is 3. The van der Waals surface area contributed by atoms with Gasteiger partial charge in [-0.3, -0.25) is 9.59 Å². The fraction of sp³-hybridized carbons (Fsp3) is 0.412. The summed E-state index contributed by atoms with van der Waals surface area (Å²) in [5.41, 5.74) is 10.1. The largest absolute Gasteiger partial charge is 0.351 e. The Morgan fingerprint density at radius 2 is 1.67 bits per heavy atom. The molecule has 1 saturated carbocycles. The second kappa shape index (κ2) is 16.5. The Morgan fingerprint density at radius 3 is 2.35 bits per heavy atom. The average Bonchev–Trinajstić information content (AvgIpc) is 3.82. The van der Waals surface area contributed by atoms with E-state index in [-0.39, 0.29) is 48.7 Å². The van der Waals surface area contributed by atoms with Crippen molar-refractivity contribution in [2.24, 2.45) is 11.7 Å². The molecule has 5 rings (SSSR count). The van der Waals surface area contributed by atoms with E-state index >= 15 is 0 Å². The van der Waals surface area contributed by atoms with Gasteiger partial charge in [-0.2, -0.15) is 0 Å². The lowest BCUT2D eigenvalue weighted by Crippen LogP contribution is -2.49. The van der Waals surface area contributed by atoms with Gasteiger partial charge in [0.2, 0.25) is 5.91 Å². The summed E-state index contributed by atoms with van der Waals surface area (Å²) in [6.07, 6.45) is 5.02. The molecule has 0 bridgehead atoms. The summed E-state index contributed by atoms with van der Waals surface area (Å²) in [5.74, 6) is 0.866. The van der Waals surface area contributed by atoms with Crippen molar-refractivity contribution in [2.45, 2.75) is 51.1 Å². The van der Waals surface area contributed by atoms with Crippen LogP contribution < -0.4 is 11.1 Å². The smallest absolute Gasteiger partial charge is 0.251 e. The molecule has 9 heteroatoms. The van der Waals surface area contributed by atoms with Crippen molar-refractivity contribution in [2.75, 3.05) is 32.7 Å². The zero-order chi connectivity index (χ0) is 28.8. The molecule has 1 aliphatic heterocycles. The third kappa shape index (κ3) is 9.19. The van der Waals surface area contributed by atoms with Gasteiger partial charge in [0.25, 0.3) is 5.91 Å². The first-order chi connectivity index (χ1) is 19.9. The number of hydrogen-bond donors (Lipinski definition) is 2. The van der Waals surface area contributed by atoms with Crippen LogP contribution >= 0.6 is 36.4 Å². The van der Waals surface area contributed by atoms with E-state index in [2.05, 4.69) is 34.2 Å². The van der Waals surface area contributed by atoms with E-state index in [0.29, 0.717) is 30.1 Å². The number of likely N-dealkylation sites (tertiary alicyclic amines) is 1. The Morgan fingerprint density at radius 1 is 0.977 bits per heavy atom. The number of hydrogen-bond acceptors (Lipinski definition) is 4. The van der Waals surface area contributed by atoms with Crippen molar-refractivity contribution >= 4 is 48.2 Å². The Balaban J connectivity index is 0.00000253. The zero-order valence-electron chi connectivity index (χ0n) is 24.7. The highest BCUT2D eigenvalue weighted by Gasteiger charge is 2.33. The van der Waals surface area contributed by atoms with Crippen molar-refractivity contribution in [3.8, 4) is 11.1 Å². The van der Waals surface area contributed by atoms with Crippen LogP contribution in [0.3, 0.4) is 0 Å². The summed E-state index contributed by atoms with van der Waals surface area (Å²) in [5, 5.41) is 3.56. The molecule has 43 heavy (non-hydrogen) atoms. The molecule has 0 radical (unpaired) electrons. The topological polar surface area (TPSA) is 78.7 Å². The Bertz CT molecular complexity index is 1340. The van der Waals surface area contributed by atoms with Crippen LogP contribution in [0.1, 0.15) is 60.1 Å². The van der Waals surface area contributed by atoms with E-state index in [1.54, 1.807) is 0 Å². The normalized spacial score (nSPS) is 16.0. The van der Waals surface area contributed by atoms with Crippen molar-refractivity contribution in [1.82, 2.24) is 15.1 Å². The molecule has 2 aliphatic rings. The number of benzene rings is 3. The molecule has 0 aromatic heterocycles. The Hall–Kier alpha value is -2.61. The van der Waals surface area contributed by atoms with Gasteiger partial charge in [-0.15, -0.1) is 24.8 Å². The highest BCUT2D eigenvalue weighted by atomic mass is 35.5. The average molecular weight is 646 g/mol. The highest BCUT2D eigenvalue weighted by molar-refractivity contribution is 6.30. The predicted octanol–water partition coefficient (Wildman–Crippen LogP) is 6.55. The highest BCUT2D eigenvalue weighted by Crippen LogP contribution is 2.34. The summed E-state index contributed by atoms with van der Waals surface area (Å²) in [6, 6.07) is 23.5. The number of amides is 2. The van der Waals surface area contributed by atoms with E-state index in [1.807, 2.05) is 60.7 Å². The van der Waals surface area contributed by atoms with Gasteiger partial charge in [0.15, 0.2) is 0 Å². The van der Waals surface area contributed by atoms with Crippen LogP contribution in [0.4, 0.5) is 0 Å². The maximum atomic E-state index is 14.0. The van der Waals surface area contributed by atoms with Crippen LogP contribution in [0.25, 0.3) is 11.1 Å². The van der Waals surface area contributed by atoms with Crippen LogP contribution in [-0.2, 0) is 11.2 Å². The van der Waals surface area contributed by atoms with Crippen LogP contribution in [0, 0.1) is 5.92 Å². The first kappa shape index (κ1) is 34.9. The van der Waals surface area contributed by atoms with Crippen molar-refractivity contribution in [3.63, 3.8) is 0 Å². The first-order valence-electron chi connectivity index (χ1n) is 14.9. The number of piperidine rings is 1. The van der Waals surface area contributed by atoms with Crippen LogP contribution in [-0.4, -0.2) is 60.4 Å². The summed E-state index contributed by atoms with van der Waals surface area (Å²) >= 11 is 6.11. The van der Waals surface area contributed by atoms with Crippen molar-refractivity contribution < 1.29 is 9.59 Å². The minimum Gasteiger partial charge on any atom is -0.351 e. The lowest BCUT2D eigenvalue weighted by atomic mass is 9.93. The van der Waals surface area contributed by atoms with Gasteiger partial charge in [0.05, 0.1) is 12.5 Å². The second-order valence-electron chi connectivity index (χ2n) is 11.5. The van der Waals surface area contributed by atoms with E-state index < -0.39 is 0 Å². The van der Waals surface area contributed by atoms with Gasteiger partial charge < -0.3 is 20.9 Å². The SMILES string of the molecule is CC(c1cccc(-c2ccccc2C(=O)NCCN)c1)N(C(=O)Cc1ccc(Cl)cc1)C1CCN(CC2CC2)CC1.Cl.Cl.